The lowest BCUT2D eigenvalue weighted by Gasteiger charge is -2.18. The summed E-state index contributed by atoms with van der Waals surface area (Å²) < 4.78 is 8.81. The van der Waals surface area contributed by atoms with Crippen molar-refractivity contribution in [3.63, 3.8) is 0 Å². The van der Waals surface area contributed by atoms with E-state index in [2.05, 4.69) is 138 Å². The van der Waals surface area contributed by atoms with Crippen molar-refractivity contribution in [2.45, 2.75) is 0 Å². The summed E-state index contributed by atoms with van der Waals surface area (Å²) in [5.74, 6) is 1.88. The van der Waals surface area contributed by atoms with E-state index in [1.165, 1.54) is 26.9 Å². The Hall–Kier alpha value is -7.63. The van der Waals surface area contributed by atoms with Gasteiger partial charge in [-0.05, 0) is 63.3 Å². The summed E-state index contributed by atoms with van der Waals surface area (Å²) in [4.78, 5) is 15.7. The van der Waals surface area contributed by atoms with E-state index in [4.69, 9.17) is 19.4 Å². The zero-order chi connectivity index (χ0) is 36.7. The van der Waals surface area contributed by atoms with Crippen LogP contribution < -0.4 is 0 Å². The van der Waals surface area contributed by atoms with Crippen LogP contribution in [0, 0.1) is 0 Å². The molecule has 12 aromatic rings. The first kappa shape index (κ1) is 30.8. The van der Waals surface area contributed by atoms with Crippen molar-refractivity contribution in [2.24, 2.45) is 0 Å². The molecule has 3 aromatic heterocycles. The quantitative estimate of drug-likeness (QED) is 0.170. The summed E-state index contributed by atoms with van der Waals surface area (Å²) >= 11 is 0. The molecule has 12 rings (SSSR count). The van der Waals surface area contributed by atoms with E-state index in [-0.39, 0.29) is 0 Å². The minimum absolute atomic E-state index is 0.619. The first-order chi connectivity index (χ1) is 27.8. The maximum Gasteiger partial charge on any atom is 0.164 e. The molecule has 0 spiro atoms. The molecule has 0 fully saturated rings. The Morgan fingerprint density at radius 3 is 1.57 bits per heavy atom. The van der Waals surface area contributed by atoms with Crippen molar-refractivity contribution < 1.29 is 4.42 Å². The molecule has 0 amide bonds. The van der Waals surface area contributed by atoms with Crippen LogP contribution in [0.25, 0.3) is 116 Å². The molecule has 0 aliphatic heterocycles. The number of rotatable bonds is 4. The topological polar surface area (TPSA) is 56.7 Å². The molecule has 56 heavy (non-hydrogen) atoms. The Bertz CT molecular complexity index is 3470. The van der Waals surface area contributed by atoms with Gasteiger partial charge in [-0.3, -0.25) is 0 Å². The molecule has 0 atom stereocenters. The number of benzene rings is 9. The molecular weight excluding hydrogens is 685 g/mol. The lowest BCUT2D eigenvalue weighted by Crippen LogP contribution is -2.02. The van der Waals surface area contributed by atoms with Crippen LogP contribution in [0.3, 0.4) is 0 Å². The van der Waals surface area contributed by atoms with Crippen LogP contribution in [-0.2, 0) is 0 Å². The Morgan fingerprint density at radius 1 is 0.339 bits per heavy atom. The summed E-state index contributed by atoms with van der Waals surface area (Å²) in [6.07, 6.45) is 0. The fourth-order valence-corrected chi connectivity index (χ4v) is 8.81. The van der Waals surface area contributed by atoms with Crippen molar-refractivity contribution in [3.8, 4) is 39.9 Å². The van der Waals surface area contributed by atoms with Crippen LogP contribution in [0.4, 0.5) is 0 Å². The van der Waals surface area contributed by atoms with Crippen LogP contribution in [-0.4, -0.2) is 19.5 Å². The molecule has 0 bridgehead atoms. The second-order valence-electron chi connectivity index (χ2n) is 14.3. The van der Waals surface area contributed by atoms with E-state index in [1.54, 1.807) is 0 Å². The highest BCUT2D eigenvalue weighted by atomic mass is 16.3. The first-order valence-corrected chi connectivity index (χ1v) is 18.9. The highest BCUT2D eigenvalue weighted by Crippen LogP contribution is 2.45. The van der Waals surface area contributed by atoms with Crippen molar-refractivity contribution in [3.05, 3.63) is 182 Å². The largest absolute Gasteiger partial charge is 0.456 e. The monoisotopic (exact) mass is 714 g/mol. The SMILES string of the molecule is c1ccc(-c2nc(-c3ccccc3)nc(-c3cc(-n4c5ccccc5c5c6c(ccc54)oc4ccccc46)cc4c5ccccc5c5ccccc5c34)n2)cc1. The minimum Gasteiger partial charge on any atom is -0.456 e. The van der Waals surface area contributed by atoms with Gasteiger partial charge in [0.15, 0.2) is 17.5 Å². The summed E-state index contributed by atoms with van der Waals surface area (Å²) in [7, 11) is 0. The first-order valence-electron chi connectivity index (χ1n) is 18.9. The zero-order valence-corrected chi connectivity index (χ0v) is 30.0. The highest BCUT2D eigenvalue weighted by molar-refractivity contribution is 6.30. The van der Waals surface area contributed by atoms with Crippen molar-refractivity contribution in [1.82, 2.24) is 19.5 Å². The molecule has 5 heteroatoms. The Kier molecular flexibility index (Phi) is 6.56. The number of hydrogen-bond acceptors (Lipinski definition) is 4. The van der Waals surface area contributed by atoms with Gasteiger partial charge < -0.3 is 8.98 Å². The third kappa shape index (κ3) is 4.52. The van der Waals surface area contributed by atoms with Gasteiger partial charge in [0.25, 0.3) is 0 Å². The van der Waals surface area contributed by atoms with Gasteiger partial charge in [0.2, 0.25) is 0 Å². The van der Waals surface area contributed by atoms with E-state index in [9.17, 15) is 0 Å². The van der Waals surface area contributed by atoms with Crippen LogP contribution >= 0.6 is 0 Å². The van der Waals surface area contributed by atoms with Gasteiger partial charge in [-0.15, -0.1) is 0 Å². The summed E-state index contributed by atoms with van der Waals surface area (Å²) in [6.45, 7) is 0. The van der Waals surface area contributed by atoms with Gasteiger partial charge in [0.05, 0.1) is 11.0 Å². The lowest BCUT2D eigenvalue weighted by molar-refractivity contribution is 0.669. The number of hydrogen-bond donors (Lipinski definition) is 0. The molecule has 0 saturated carbocycles. The molecule has 0 N–H and O–H groups in total. The van der Waals surface area contributed by atoms with E-state index in [0.29, 0.717) is 17.5 Å². The van der Waals surface area contributed by atoms with Crippen LogP contribution in [0.5, 0.6) is 0 Å². The number of furan rings is 1. The smallest absolute Gasteiger partial charge is 0.164 e. The Balaban J connectivity index is 1.26. The minimum atomic E-state index is 0.619. The normalized spacial score (nSPS) is 11.9. The second kappa shape index (κ2) is 11.9. The molecule has 0 unspecified atom stereocenters. The molecule has 260 valence electrons. The zero-order valence-electron chi connectivity index (χ0n) is 30.0. The van der Waals surface area contributed by atoms with E-state index < -0.39 is 0 Å². The van der Waals surface area contributed by atoms with Crippen LogP contribution in [0.2, 0.25) is 0 Å². The van der Waals surface area contributed by atoms with Gasteiger partial charge in [-0.25, -0.2) is 15.0 Å². The van der Waals surface area contributed by atoms with Crippen LogP contribution in [0.1, 0.15) is 0 Å². The van der Waals surface area contributed by atoms with E-state index in [0.717, 1.165) is 71.5 Å². The van der Waals surface area contributed by atoms with Gasteiger partial charge in [0.1, 0.15) is 11.2 Å². The highest BCUT2D eigenvalue weighted by Gasteiger charge is 2.23. The number of fused-ring (bicyclic) bond motifs is 13. The van der Waals surface area contributed by atoms with Gasteiger partial charge >= 0.3 is 0 Å². The third-order valence-electron chi connectivity index (χ3n) is 11.2. The molecule has 9 aromatic carbocycles. The van der Waals surface area contributed by atoms with Crippen LogP contribution in [0.15, 0.2) is 186 Å². The maximum absolute atomic E-state index is 6.41. The van der Waals surface area contributed by atoms with Gasteiger partial charge in [-0.2, -0.15) is 0 Å². The van der Waals surface area contributed by atoms with Crippen molar-refractivity contribution in [2.75, 3.05) is 0 Å². The van der Waals surface area contributed by atoms with Gasteiger partial charge in [-0.1, -0.05) is 146 Å². The molecule has 0 aliphatic rings. The number of para-hydroxylation sites is 2. The maximum atomic E-state index is 6.41. The fourth-order valence-electron chi connectivity index (χ4n) is 8.81. The summed E-state index contributed by atoms with van der Waals surface area (Å²) in [6, 6.07) is 63.8. The Morgan fingerprint density at radius 2 is 0.875 bits per heavy atom. The number of nitrogens with zero attached hydrogens (tertiary/aromatic N) is 4. The fraction of sp³-hybridized carbons (Fsp3) is 0. The Labute approximate surface area is 320 Å². The molecular formula is C51H30N4O. The molecule has 5 nitrogen and oxygen atoms in total. The van der Waals surface area contributed by atoms with Crippen molar-refractivity contribution in [1.29, 1.82) is 0 Å². The molecule has 0 radical (unpaired) electrons. The van der Waals surface area contributed by atoms with E-state index >= 15 is 0 Å². The van der Waals surface area contributed by atoms with Gasteiger partial charge in [0, 0.05) is 49.3 Å². The summed E-state index contributed by atoms with van der Waals surface area (Å²) in [5, 5.41) is 11.5. The molecule has 0 aliphatic carbocycles. The predicted octanol–water partition coefficient (Wildman–Crippen LogP) is 13.3. The standard InChI is InChI=1S/C51H30N4O/c1-3-15-31(16-4-1)49-52-50(32-17-5-2-6-18-32)54-51(53-49)41-30-33(29-40-36-21-8-7-19-34(36)35-20-9-10-22-37(35)46(40)41)55-42-25-13-11-23-38(42)47-43(55)27-28-45-48(47)39-24-12-14-26-44(39)56-45/h1-30H. The average molecular weight is 715 g/mol. The lowest BCUT2D eigenvalue weighted by atomic mass is 9.91. The van der Waals surface area contributed by atoms with E-state index in [1.807, 2.05) is 48.5 Å². The number of aromatic nitrogens is 4. The van der Waals surface area contributed by atoms with Crippen molar-refractivity contribution >= 4 is 76.1 Å². The third-order valence-corrected chi connectivity index (χ3v) is 11.2. The summed E-state index contributed by atoms with van der Waals surface area (Å²) in [5.41, 5.74) is 7.81. The second-order valence-corrected chi connectivity index (χ2v) is 14.3. The molecule has 3 heterocycles. The predicted molar refractivity (Wildman–Crippen MR) is 230 cm³/mol. The molecule has 0 saturated heterocycles. The average Bonchev–Trinajstić information content (AvgIpc) is 3.82.